The SMILES string of the molecule is COc1ccc(NC(=O)COc2ccc([C@@H]3c4sc(=O)[nH]c4S[C@@H]4[C@@H]5C[C@@H]([C@@H]6C(=O)N(c7cccc(C(F)(F)F)c7)C(=O)[C@@H]56)[C@H]34)cc2OC)cc1. The third-order valence-corrected chi connectivity index (χ3v) is 13.0. The van der Waals surface area contributed by atoms with Gasteiger partial charge in [-0.25, -0.2) is 0 Å². The molecule has 0 unspecified atom stereocenters. The van der Waals surface area contributed by atoms with Gasteiger partial charge in [-0.1, -0.05) is 23.5 Å². The van der Waals surface area contributed by atoms with Crippen LogP contribution in [-0.2, 0) is 20.6 Å². The molecule has 264 valence electrons. The van der Waals surface area contributed by atoms with Crippen LogP contribution < -0.4 is 29.3 Å². The van der Waals surface area contributed by atoms with E-state index in [0.29, 0.717) is 34.4 Å². The number of H-pyrrole nitrogens is 1. The average molecular weight is 738 g/mol. The van der Waals surface area contributed by atoms with Crippen molar-refractivity contribution in [2.24, 2.45) is 29.6 Å². The maximum atomic E-state index is 14.0. The molecule has 2 aliphatic heterocycles. The molecule has 10 nitrogen and oxygen atoms in total. The number of fused-ring (bicyclic) bond motifs is 9. The number of halogens is 3. The molecular formula is C36H30F3N3O7S2. The fourth-order valence-corrected chi connectivity index (χ4v) is 11.4. The lowest BCUT2D eigenvalue weighted by molar-refractivity contribution is -0.137. The molecule has 3 aromatic carbocycles. The van der Waals surface area contributed by atoms with Gasteiger partial charge in [-0.15, -0.1) is 11.8 Å². The summed E-state index contributed by atoms with van der Waals surface area (Å²) in [4.78, 5) is 57.7. The third kappa shape index (κ3) is 5.57. The van der Waals surface area contributed by atoms with Crippen molar-refractivity contribution in [3.05, 3.63) is 92.4 Å². The molecule has 3 heterocycles. The lowest BCUT2D eigenvalue weighted by Gasteiger charge is -2.43. The number of amides is 3. The van der Waals surface area contributed by atoms with Crippen LogP contribution in [0.1, 0.15) is 28.3 Å². The van der Waals surface area contributed by atoms with Gasteiger partial charge in [0.25, 0.3) is 5.91 Å². The molecule has 2 bridgehead atoms. The van der Waals surface area contributed by atoms with Gasteiger partial charge in [-0.2, -0.15) is 13.2 Å². The average Bonchev–Trinajstić information content (AvgIpc) is 3.86. The number of carbonyl (C=O) groups is 3. The van der Waals surface area contributed by atoms with Crippen molar-refractivity contribution >= 4 is 52.2 Å². The number of methoxy groups -OCH3 is 2. The van der Waals surface area contributed by atoms with Crippen LogP contribution in [0.15, 0.2) is 76.6 Å². The Labute approximate surface area is 297 Å². The number of nitrogens with one attached hydrogen (secondary N) is 2. The van der Waals surface area contributed by atoms with Gasteiger partial charge < -0.3 is 24.5 Å². The lowest BCUT2D eigenvalue weighted by Crippen LogP contribution is -2.42. The second-order valence-corrected chi connectivity index (χ2v) is 15.2. The number of rotatable bonds is 8. The van der Waals surface area contributed by atoms with Crippen molar-refractivity contribution in [1.29, 1.82) is 0 Å². The molecule has 3 fully saturated rings. The van der Waals surface area contributed by atoms with E-state index in [2.05, 4.69) is 10.3 Å². The molecule has 7 atom stereocenters. The van der Waals surface area contributed by atoms with Crippen LogP contribution in [0.5, 0.6) is 17.2 Å². The van der Waals surface area contributed by atoms with E-state index in [1.165, 1.54) is 31.0 Å². The van der Waals surface area contributed by atoms with Crippen molar-refractivity contribution in [1.82, 2.24) is 4.98 Å². The Kier molecular flexibility index (Phi) is 8.17. The smallest absolute Gasteiger partial charge is 0.416 e. The molecule has 0 spiro atoms. The molecule has 0 radical (unpaired) electrons. The highest BCUT2D eigenvalue weighted by Gasteiger charge is 2.69. The summed E-state index contributed by atoms with van der Waals surface area (Å²) in [5.41, 5.74) is 0.371. The highest BCUT2D eigenvalue weighted by Crippen LogP contribution is 2.69. The van der Waals surface area contributed by atoms with Crippen LogP contribution >= 0.6 is 23.1 Å². The first-order valence-corrected chi connectivity index (χ1v) is 17.9. The first-order valence-electron chi connectivity index (χ1n) is 16.2. The molecule has 2 N–H and O–H groups in total. The summed E-state index contributed by atoms with van der Waals surface area (Å²) in [5.74, 6) is -2.28. The van der Waals surface area contributed by atoms with E-state index in [0.717, 1.165) is 38.8 Å². The lowest BCUT2D eigenvalue weighted by atomic mass is 9.68. The van der Waals surface area contributed by atoms with Gasteiger partial charge in [0.1, 0.15) is 5.75 Å². The first-order chi connectivity index (χ1) is 24.5. The van der Waals surface area contributed by atoms with Crippen LogP contribution in [-0.4, -0.2) is 48.8 Å². The number of nitrogens with zero attached hydrogens (tertiary/aromatic N) is 1. The summed E-state index contributed by atoms with van der Waals surface area (Å²) in [5, 5.41) is 3.35. The summed E-state index contributed by atoms with van der Waals surface area (Å²) in [6.07, 6.45) is -4.02. The molecule has 3 amide bonds. The monoisotopic (exact) mass is 737 g/mol. The summed E-state index contributed by atoms with van der Waals surface area (Å²) in [7, 11) is 3.03. The van der Waals surface area contributed by atoms with Crippen molar-refractivity contribution in [3.8, 4) is 17.2 Å². The quantitative estimate of drug-likeness (QED) is 0.206. The van der Waals surface area contributed by atoms with E-state index in [1.807, 2.05) is 12.1 Å². The Morgan fingerprint density at radius 3 is 2.39 bits per heavy atom. The van der Waals surface area contributed by atoms with Gasteiger partial charge in [-0.05, 0) is 84.3 Å². The minimum absolute atomic E-state index is 0.0813. The summed E-state index contributed by atoms with van der Waals surface area (Å²) in [6, 6.07) is 16.6. The zero-order valence-corrected chi connectivity index (χ0v) is 28.7. The largest absolute Gasteiger partial charge is 0.497 e. The van der Waals surface area contributed by atoms with E-state index in [1.54, 1.807) is 37.4 Å². The molecule has 4 aliphatic rings. The number of ether oxygens (including phenoxy) is 3. The molecule has 8 rings (SSSR count). The molecule has 1 aromatic heterocycles. The Bertz CT molecular complexity index is 2120. The van der Waals surface area contributed by atoms with Crippen LogP contribution in [0, 0.1) is 29.6 Å². The molecule has 4 aromatic rings. The molecule has 15 heteroatoms. The molecule has 2 saturated carbocycles. The Balaban J connectivity index is 1.07. The van der Waals surface area contributed by atoms with Crippen LogP contribution in [0.2, 0.25) is 0 Å². The standard InChI is InChI=1S/C36H30F3N3O7S2/c1-47-20-9-7-18(8-10-20)40-25(43)15-49-23-11-6-16(12-24(23)48-2)26-27-21-14-22(30(27)50-32-31(26)51-35(46)41-32)29-28(21)33(44)42(34(29)45)19-5-3-4-17(13-19)36(37,38)39/h3-13,21-22,26-30H,14-15H2,1-2H3,(H,40,43)(H,41,46)/t21-,22-,26+,27-,28+,29+,30-/m1/s1. The minimum Gasteiger partial charge on any atom is -0.497 e. The topological polar surface area (TPSA) is 127 Å². The number of imide groups is 1. The van der Waals surface area contributed by atoms with Gasteiger partial charge in [0.05, 0.1) is 42.3 Å². The van der Waals surface area contributed by atoms with Crippen LogP contribution in [0.25, 0.3) is 0 Å². The van der Waals surface area contributed by atoms with E-state index in [-0.39, 0.29) is 52.0 Å². The Morgan fingerprint density at radius 2 is 1.69 bits per heavy atom. The second-order valence-electron chi connectivity index (χ2n) is 13.0. The number of alkyl halides is 3. The number of aromatic nitrogens is 1. The fraction of sp³-hybridized carbons (Fsp3) is 0.333. The zero-order valence-electron chi connectivity index (χ0n) is 27.1. The Hall–Kier alpha value is -4.76. The second kappa shape index (κ2) is 12.5. The number of hydrogen-bond acceptors (Lipinski definition) is 9. The van der Waals surface area contributed by atoms with E-state index >= 15 is 0 Å². The predicted octanol–water partition coefficient (Wildman–Crippen LogP) is 6.17. The number of hydrogen-bond donors (Lipinski definition) is 2. The van der Waals surface area contributed by atoms with Crippen molar-refractivity contribution in [3.63, 3.8) is 0 Å². The van der Waals surface area contributed by atoms with Gasteiger partial charge in [-0.3, -0.25) is 24.1 Å². The molecule has 2 aliphatic carbocycles. The summed E-state index contributed by atoms with van der Waals surface area (Å²) in [6.45, 7) is -0.290. The summed E-state index contributed by atoms with van der Waals surface area (Å²) < 4.78 is 57.3. The van der Waals surface area contributed by atoms with Crippen molar-refractivity contribution < 1.29 is 41.8 Å². The van der Waals surface area contributed by atoms with Crippen molar-refractivity contribution in [2.45, 2.75) is 28.8 Å². The number of benzene rings is 3. The van der Waals surface area contributed by atoms with Crippen LogP contribution in [0.3, 0.4) is 0 Å². The number of thioether (sulfide) groups is 1. The van der Waals surface area contributed by atoms with Gasteiger partial charge in [0.2, 0.25) is 11.8 Å². The number of thiazole rings is 1. The zero-order chi connectivity index (χ0) is 35.8. The maximum absolute atomic E-state index is 14.0. The highest BCUT2D eigenvalue weighted by molar-refractivity contribution is 8.00. The van der Waals surface area contributed by atoms with E-state index in [9.17, 15) is 32.3 Å². The van der Waals surface area contributed by atoms with Gasteiger partial charge >= 0.3 is 11.0 Å². The van der Waals surface area contributed by atoms with Gasteiger partial charge in [0.15, 0.2) is 18.1 Å². The third-order valence-electron chi connectivity index (χ3n) is 10.4. The predicted molar refractivity (Wildman–Crippen MR) is 183 cm³/mol. The van der Waals surface area contributed by atoms with Crippen molar-refractivity contribution in [2.75, 3.05) is 31.0 Å². The number of aromatic amines is 1. The van der Waals surface area contributed by atoms with E-state index < -0.39 is 35.4 Å². The molecule has 1 saturated heterocycles. The number of carbonyl (C=O) groups excluding carboxylic acids is 3. The fourth-order valence-electron chi connectivity index (χ4n) is 8.48. The highest BCUT2D eigenvalue weighted by atomic mass is 32.2. The van der Waals surface area contributed by atoms with Crippen LogP contribution in [0.4, 0.5) is 24.5 Å². The maximum Gasteiger partial charge on any atom is 0.416 e. The normalized spacial score (nSPS) is 26.1. The Morgan fingerprint density at radius 1 is 0.941 bits per heavy atom. The number of anilines is 2. The minimum atomic E-state index is -4.63. The van der Waals surface area contributed by atoms with E-state index in [4.69, 9.17) is 14.2 Å². The molecule has 51 heavy (non-hydrogen) atoms. The first kappa shape index (κ1) is 33.4. The van der Waals surface area contributed by atoms with Gasteiger partial charge in [0, 0.05) is 21.7 Å². The molecular weight excluding hydrogens is 708 g/mol. The summed E-state index contributed by atoms with van der Waals surface area (Å²) >= 11 is 2.61.